The Morgan fingerprint density at radius 1 is 1.26 bits per heavy atom. The number of amides is 2. The van der Waals surface area contributed by atoms with E-state index in [1.165, 1.54) is 0 Å². The second-order valence-electron chi connectivity index (χ2n) is 5.01. The molecule has 1 N–H and O–H groups in total. The molecular formula is C14H20BrN3O. The Bertz CT molecular complexity index is 464. The molecule has 1 fully saturated rings. The molecule has 19 heavy (non-hydrogen) atoms. The number of likely N-dealkylation sites (N-methyl/N-ethyl adjacent to an activating group) is 1. The van der Waals surface area contributed by atoms with Crippen molar-refractivity contribution in [3.8, 4) is 0 Å². The molecule has 2 rings (SSSR count). The van der Waals surface area contributed by atoms with Crippen LogP contribution in [-0.4, -0.2) is 49.1 Å². The molecule has 0 unspecified atom stereocenters. The van der Waals surface area contributed by atoms with Crippen LogP contribution in [0, 0.1) is 6.92 Å². The van der Waals surface area contributed by atoms with Crippen molar-refractivity contribution in [2.45, 2.75) is 13.3 Å². The number of urea groups is 1. The van der Waals surface area contributed by atoms with E-state index in [4.69, 9.17) is 0 Å². The molecule has 1 aliphatic heterocycles. The number of carbonyl (C=O) groups excluding carboxylic acids is 1. The molecule has 1 aliphatic rings. The fourth-order valence-electron chi connectivity index (χ4n) is 2.19. The Labute approximate surface area is 122 Å². The maximum Gasteiger partial charge on any atom is 0.321 e. The summed E-state index contributed by atoms with van der Waals surface area (Å²) in [7, 11) is 2.10. The van der Waals surface area contributed by atoms with Crippen molar-refractivity contribution in [3.63, 3.8) is 0 Å². The fraction of sp³-hybridized carbons (Fsp3) is 0.500. The Balaban J connectivity index is 2.02. The minimum absolute atomic E-state index is 0.0124. The molecule has 104 valence electrons. The molecule has 1 aromatic rings. The molecule has 0 aromatic heterocycles. The van der Waals surface area contributed by atoms with Crippen molar-refractivity contribution in [1.29, 1.82) is 0 Å². The number of hydrogen-bond acceptors (Lipinski definition) is 2. The zero-order valence-electron chi connectivity index (χ0n) is 11.4. The first-order chi connectivity index (χ1) is 9.08. The van der Waals surface area contributed by atoms with E-state index < -0.39 is 0 Å². The molecule has 1 saturated heterocycles. The predicted molar refractivity (Wildman–Crippen MR) is 81.6 cm³/mol. The average molecular weight is 326 g/mol. The van der Waals surface area contributed by atoms with Gasteiger partial charge >= 0.3 is 6.03 Å². The summed E-state index contributed by atoms with van der Waals surface area (Å²) in [5.41, 5.74) is 1.95. The van der Waals surface area contributed by atoms with Crippen molar-refractivity contribution < 1.29 is 4.79 Å². The quantitative estimate of drug-likeness (QED) is 0.861. The summed E-state index contributed by atoms with van der Waals surface area (Å²) in [6, 6.07) is 5.87. The van der Waals surface area contributed by atoms with Gasteiger partial charge in [-0.25, -0.2) is 4.79 Å². The molecule has 2 amide bonds. The van der Waals surface area contributed by atoms with Crippen LogP contribution in [0.25, 0.3) is 0 Å². The summed E-state index contributed by atoms with van der Waals surface area (Å²) >= 11 is 3.52. The third-order valence-corrected chi connectivity index (χ3v) is 4.49. The van der Waals surface area contributed by atoms with Gasteiger partial charge in [0.1, 0.15) is 0 Å². The lowest BCUT2D eigenvalue weighted by Crippen LogP contribution is -2.37. The Morgan fingerprint density at radius 2 is 2.05 bits per heavy atom. The van der Waals surface area contributed by atoms with E-state index in [1.54, 1.807) is 0 Å². The van der Waals surface area contributed by atoms with Crippen molar-refractivity contribution in [3.05, 3.63) is 28.2 Å². The van der Waals surface area contributed by atoms with E-state index in [2.05, 4.69) is 33.2 Å². The molecule has 0 radical (unpaired) electrons. The molecule has 0 aliphatic carbocycles. The average Bonchev–Trinajstić information content (AvgIpc) is 2.60. The van der Waals surface area contributed by atoms with Crippen LogP contribution in [0.3, 0.4) is 0 Å². The number of nitrogens with one attached hydrogen (secondary N) is 1. The van der Waals surface area contributed by atoms with Crippen LogP contribution >= 0.6 is 15.9 Å². The first-order valence-corrected chi connectivity index (χ1v) is 7.37. The van der Waals surface area contributed by atoms with Crippen LogP contribution in [0.2, 0.25) is 0 Å². The number of rotatable bonds is 1. The first-order valence-electron chi connectivity index (χ1n) is 6.57. The normalized spacial score (nSPS) is 17.1. The first kappa shape index (κ1) is 14.3. The topological polar surface area (TPSA) is 35.6 Å². The lowest BCUT2D eigenvalue weighted by Gasteiger charge is -2.21. The molecule has 0 saturated carbocycles. The van der Waals surface area contributed by atoms with E-state index in [0.717, 1.165) is 48.3 Å². The van der Waals surface area contributed by atoms with Gasteiger partial charge in [-0.3, -0.25) is 0 Å². The summed E-state index contributed by atoms with van der Waals surface area (Å²) in [5, 5.41) is 2.98. The number of hydrogen-bond donors (Lipinski definition) is 1. The van der Waals surface area contributed by atoms with Crippen molar-refractivity contribution >= 4 is 27.6 Å². The molecule has 1 aromatic carbocycles. The number of anilines is 1. The second-order valence-corrected chi connectivity index (χ2v) is 5.80. The standard InChI is InChI=1S/C14H20BrN3O/c1-11-5-3-6-12(13(11)15)16-14(19)18-8-4-7-17(2)9-10-18/h3,5-6H,4,7-10H2,1-2H3,(H,16,19). The third kappa shape index (κ3) is 3.70. The van der Waals surface area contributed by atoms with Crippen LogP contribution in [0.1, 0.15) is 12.0 Å². The summed E-state index contributed by atoms with van der Waals surface area (Å²) in [4.78, 5) is 16.4. The molecule has 1 heterocycles. The third-order valence-electron chi connectivity index (χ3n) is 3.44. The summed E-state index contributed by atoms with van der Waals surface area (Å²) in [6.07, 6.45) is 1.03. The van der Waals surface area contributed by atoms with Gasteiger partial charge in [0, 0.05) is 24.1 Å². The van der Waals surface area contributed by atoms with Gasteiger partial charge < -0.3 is 15.1 Å². The number of carbonyl (C=O) groups is 1. The minimum Gasteiger partial charge on any atom is -0.323 e. The Hall–Kier alpha value is -1.07. The van der Waals surface area contributed by atoms with E-state index >= 15 is 0 Å². The molecule has 0 bridgehead atoms. The van der Waals surface area contributed by atoms with Crippen LogP contribution in [0.4, 0.5) is 10.5 Å². The van der Waals surface area contributed by atoms with Gasteiger partial charge in [0.2, 0.25) is 0 Å². The van der Waals surface area contributed by atoms with E-state index in [-0.39, 0.29) is 6.03 Å². The van der Waals surface area contributed by atoms with E-state index in [9.17, 15) is 4.79 Å². The Kier molecular flexibility index (Phi) is 4.82. The zero-order valence-corrected chi connectivity index (χ0v) is 13.0. The molecule has 0 atom stereocenters. The fourth-order valence-corrected chi connectivity index (χ4v) is 2.55. The smallest absolute Gasteiger partial charge is 0.321 e. The maximum atomic E-state index is 12.3. The highest BCUT2D eigenvalue weighted by Gasteiger charge is 2.18. The van der Waals surface area contributed by atoms with Gasteiger partial charge in [0.15, 0.2) is 0 Å². The SMILES string of the molecule is Cc1cccc(NC(=O)N2CCCN(C)CC2)c1Br. The number of aryl methyl sites for hydroxylation is 1. The number of benzene rings is 1. The molecule has 0 spiro atoms. The lowest BCUT2D eigenvalue weighted by atomic mass is 10.2. The van der Waals surface area contributed by atoms with Gasteiger partial charge in [-0.1, -0.05) is 12.1 Å². The lowest BCUT2D eigenvalue weighted by molar-refractivity contribution is 0.213. The summed E-state index contributed by atoms with van der Waals surface area (Å²) in [5.74, 6) is 0. The van der Waals surface area contributed by atoms with Crippen LogP contribution in [0.15, 0.2) is 22.7 Å². The van der Waals surface area contributed by atoms with Crippen molar-refractivity contribution in [2.75, 3.05) is 38.5 Å². The van der Waals surface area contributed by atoms with Crippen LogP contribution in [-0.2, 0) is 0 Å². The van der Waals surface area contributed by atoms with Gasteiger partial charge in [0.05, 0.1) is 5.69 Å². The molecule has 5 heteroatoms. The molecular weight excluding hydrogens is 306 g/mol. The number of halogens is 1. The maximum absolute atomic E-state index is 12.3. The zero-order chi connectivity index (χ0) is 13.8. The highest BCUT2D eigenvalue weighted by molar-refractivity contribution is 9.10. The largest absolute Gasteiger partial charge is 0.323 e. The summed E-state index contributed by atoms with van der Waals surface area (Å²) < 4.78 is 0.954. The minimum atomic E-state index is -0.0124. The van der Waals surface area contributed by atoms with Gasteiger partial charge in [-0.2, -0.15) is 0 Å². The monoisotopic (exact) mass is 325 g/mol. The van der Waals surface area contributed by atoms with Crippen molar-refractivity contribution in [1.82, 2.24) is 9.80 Å². The summed E-state index contributed by atoms with van der Waals surface area (Å²) in [6.45, 7) is 5.60. The highest BCUT2D eigenvalue weighted by Crippen LogP contribution is 2.26. The van der Waals surface area contributed by atoms with Crippen LogP contribution < -0.4 is 5.32 Å². The van der Waals surface area contributed by atoms with Gasteiger partial charge in [0.25, 0.3) is 0 Å². The van der Waals surface area contributed by atoms with E-state index in [0.29, 0.717) is 0 Å². The van der Waals surface area contributed by atoms with Crippen LogP contribution in [0.5, 0.6) is 0 Å². The number of nitrogens with zero attached hydrogens (tertiary/aromatic N) is 2. The second kappa shape index (κ2) is 6.39. The highest BCUT2D eigenvalue weighted by atomic mass is 79.9. The molecule has 4 nitrogen and oxygen atoms in total. The van der Waals surface area contributed by atoms with Gasteiger partial charge in [-0.15, -0.1) is 0 Å². The van der Waals surface area contributed by atoms with Gasteiger partial charge in [-0.05, 0) is 54.5 Å². The Morgan fingerprint density at radius 3 is 2.84 bits per heavy atom. The van der Waals surface area contributed by atoms with E-state index in [1.807, 2.05) is 30.0 Å². The van der Waals surface area contributed by atoms with Crippen molar-refractivity contribution in [2.24, 2.45) is 0 Å². The predicted octanol–water partition coefficient (Wildman–Crippen LogP) is 2.93.